The number of hydrogen-bond donors (Lipinski definition) is 1. The Morgan fingerprint density at radius 2 is 1.45 bits per heavy atom. The number of aliphatic hydroxyl groups is 1. The average Bonchev–Trinajstić information content (AvgIpc) is 2.46. The lowest BCUT2D eigenvalue weighted by Crippen LogP contribution is -2.32. The SMILES string of the molecule is CN(C)c1cc(CO)cc(N(C)C)c1N1CCCCC1. The van der Waals surface area contributed by atoms with Crippen molar-refractivity contribution < 1.29 is 5.11 Å². The van der Waals surface area contributed by atoms with Crippen molar-refractivity contribution in [1.29, 1.82) is 0 Å². The zero-order valence-corrected chi connectivity index (χ0v) is 13.2. The summed E-state index contributed by atoms with van der Waals surface area (Å²) in [5.74, 6) is 0. The van der Waals surface area contributed by atoms with Gasteiger partial charge in [0.25, 0.3) is 0 Å². The third kappa shape index (κ3) is 3.01. The first-order valence-electron chi connectivity index (χ1n) is 7.42. The van der Waals surface area contributed by atoms with Crippen LogP contribution in [0.1, 0.15) is 24.8 Å². The summed E-state index contributed by atoms with van der Waals surface area (Å²) in [5, 5.41) is 9.50. The van der Waals surface area contributed by atoms with Crippen molar-refractivity contribution in [3.63, 3.8) is 0 Å². The van der Waals surface area contributed by atoms with Crippen molar-refractivity contribution in [2.24, 2.45) is 0 Å². The van der Waals surface area contributed by atoms with Crippen LogP contribution in [0.4, 0.5) is 17.1 Å². The molecule has 0 unspecified atom stereocenters. The predicted octanol–water partition coefficient (Wildman–Crippen LogP) is 2.30. The first-order valence-corrected chi connectivity index (χ1v) is 7.42. The molecule has 1 aromatic carbocycles. The second-order valence-corrected chi connectivity index (χ2v) is 5.98. The Bertz CT molecular complexity index is 422. The van der Waals surface area contributed by atoms with Gasteiger partial charge in [0.05, 0.1) is 23.7 Å². The highest BCUT2D eigenvalue weighted by atomic mass is 16.3. The van der Waals surface area contributed by atoms with E-state index in [9.17, 15) is 5.11 Å². The first kappa shape index (κ1) is 15.0. The molecule has 0 saturated carbocycles. The van der Waals surface area contributed by atoms with Crippen molar-refractivity contribution in [3.8, 4) is 0 Å². The number of hydrogen-bond acceptors (Lipinski definition) is 4. The van der Waals surface area contributed by atoms with Crippen molar-refractivity contribution in [2.45, 2.75) is 25.9 Å². The fourth-order valence-electron chi connectivity index (χ4n) is 2.88. The highest BCUT2D eigenvalue weighted by molar-refractivity contribution is 5.85. The van der Waals surface area contributed by atoms with E-state index in [4.69, 9.17) is 0 Å². The van der Waals surface area contributed by atoms with Gasteiger partial charge in [-0.3, -0.25) is 0 Å². The van der Waals surface area contributed by atoms with Gasteiger partial charge in [-0.25, -0.2) is 0 Å². The largest absolute Gasteiger partial charge is 0.392 e. The molecule has 0 atom stereocenters. The molecule has 2 rings (SSSR count). The molecule has 1 aliphatic rings. The molecule has 1 aliphatic heterocycles. The van der Waals surface area contributed by atoms with Gasteiger partial charge in [-0.2, -0.15) is 0 Å². The number of benzene rings is 1. The maximum atomic E-state index is 9.50. The third-order valence-electron chi connectivity index (χ3n) is 3.95. The zero-order valence-electron chi connectivity index (χ0n) is 13.2. The summed E-state index contributed by atoms with van der Waals surface area (Å²) in [7, 11) is 8.29. The number of anilines is 3. The lowest BCUT2D eigenvalue weighted by molar-refractivity contribution is 0.282. The van der Waals surface area contributed by atoms with Crippen LogP contribution in [0.15, 0.2) is 12.1 Å². The molecule has 1 saturated heterocycles. The van der Waals surface area contributed by atoms with E-state index >= 15 is 0 Å². The summed E-state index contributed by atoms with van der Waals surface area (Å²) in [6.45, 7) is 2.34. The third-order valence-corrected chi connectivity index (χ3v) is 3.95. The van der Waals surface area contributed by atoms with E-state index in [1.807, 2.05) is 0 Å². The van der Waals surface area contributed by atoms with Gasteiger partial charge in [0.1, 0.15) is 0 Å². The van der Waals surface area contributed by atoms with Gasteiger partial charge in [0, 0.05) is 41.3 Å². The van der Waals surface area contributed by atoms with Crippen LogP contribution in [0.3, 0.4) is 0 Å². The van der Waals surface area contributed by atoms with Gasteiger partial charge in [-0.1, -0.05) is 0 Å². The van der Waals surface area contributed by atoms with Crippen molar-refractivity contribution in [3.05, 3.63) is 17.7 Å². The molecule has 20 heavy (non-hydrogen) atoms. The Kier molecular flexibility index (Phi) is 4.76. The predicted molar refractivity (Wildman–Crippen MR) is 87.1 cm³/mol. The summed E-state index contributed by atoms with van der Waals surface area (Å²) < 4.78 is 0. The van der Waals surface area contributed by atoms with E-state index in [-0.39, 0.29) is 6.61 Å². The van der Waals surface area contributed by atoms with E-state index in [0.29, 0.717) is 0 Å². The second-order valence-electron chi connectivity index (χ2n) is 5.98. The molecular weight excluding hydrogens is 250 g/mol. The Labute approximate surface area is 122 Å². The van der Waals surface area contributed by atoms with Crippen LogP contribution < -0.4 is 14.7 Å². The van der Waals surface area contributed by atoms with Gasteiger partial charge < -0.3 is 19.8 Å². The van der Waals surface area contributed by atoms with Gasteiger partial charge in [0.15, 0.2) is 0 Å². The number of piperidine rings is 1. The van der Waals surface area contributed by atoms with Crippen molar-refractivity contribution in [1.82, 2.24) is 0 Å². The molecular formula is C16H27N3O. The minimum absolute atomic E-state index is 0.0853. The number of aliphatic hydroxyl groups excluding tert-OH is 1. The lowest BCUT2D eigenvalue weighted by Gasteiger charge is -2.35. The molecule has 1 N–H and O–H groups in total. The second kappa shape index (κ2) is 6.35. The molecule has 0 bridgehead atoms. The maximum absolute atomic E-state index is 9.50. The number of rotatable bonds is 4. The van der Waals surface area contributed by atoms with Crippen LogP contribution in [-0.2, 0) is 6.61 Å². The monoisotopic (exact) mass is 277 g/mol. The van der Waals surface area contributed by atoms with E-state index in [1.54, 1.807) is 0 Å². The molecule has 1 aromatic rings. The summed E-state index contributed by atoms with van der Waals surface area (Å²) in [6.07, 6.45) is 3.86. The molecule has 4 heteroatoms. The Morgan fingerprint density at radius 1 is 0.950 bits per heavy atom. The van der Waals surface area contributed by atoms with Crippen molar-refractivity contribution in [2.75, 3.05) is 56.0 Å². The highest BCUT2D eigenvalue weighted by Gasteiger charge is 2.21. The van der Waals surface area contributed by atoms with Crippen molar-refractivity contribution >= 4 is 17.1 Å². The first-order chi connectivity index (χ1) is 9.54. The molecule has 1 heterocycles. The lowest BCUT2D eigenvalue weighted by atomic mass is 10.1. The Balaban J connectivity index is 2.54. The molecule has 1 fully saturated rings. The summed E-state index contributed by atoms with van der Waals surface area (Å²) in [4.78, 5) is 6.79. The Morgan fingerprint density at radius 3 is 1.85 bits per heavy atom. The van der Waals surface area contributed by atoms with Gasteiger partial charge in [-0.05, 0) is 37.0 Å². The van der Waals surface area contributed by atoms with Crippen LogP contribution >= 0.6 is 0 Å². The number of nitrogens with zero attached hydrogens (tertiary/aromatic N) is 3. The van der Waals surface area contributed by atoms with Gasteiger partial charge in [0.2, 0.25) is 0 Å². The van der Waals surface area contributed by atoms with Crippen LogP contribution in [-0.4, -0.2) is 46.4 Å². The van der Waals surface area contributed by atoms with E-state index in [2.05, 4.69) is 55.0 Å². The minimum Gasteiger partial charge on any atom is -0.392 e. The summed E-state index contributed by atoms with van der Waals surface area (Å²) in [5.41, 5.74) is 4.67. The maximum Gasteiger partial charge on any atom is 0.0841 e. The Hall–Kier alpha value is -1.42. The standard InChI is InChI=1S/C16H27N3O/c1-17(2)14-10-13(12-20)11-15(18(3)4)16(14)19-8-6-5-7-9-19/h10-11,20H,5-9,12H2,1-4H3. The van der Waals surface area contributed by atoms with Crippen LogP contribution in [0.2, 0.25) is 0 Å². The van der Waals surface area contributed by atoms with Crippen LogP contribution in [0, 0.1) is 0 Å². The molecule has 0 aliphatic carbocycles. The van der Waals surface area contributed by atoms with Gasteiger partial charge >= 0.3 is 0 Å². The molecule has 0 radical (unpaired) electrons. The van der Waals surface area contributed by atoms with Crippen LogP contribution in [0.25, 0.3) is 0 Å². The zero-order chi connectivity index (χ0) is 14.7. The summed E-state index contributed by atoms with van der Waals surface area (Å²) >= 11 is 0. The van der Waals surface area contributed by atoms with E-state index in [0.717, 1.165) is 18.7 Å². The molecule has 0 spiro atoms. The molecule has 0 aromatic heterocycles. The fraction of sp³-hybridized carbons (Fsp3) is 0.625. The normalized spacial score (nSPS) is 15.3. The average molecular weight is 277 g/mol. The minimum atomic E-state index is 0.0853. The molecule has 0 amide bonds. The van der Waals surface area contributed by atoms with Crippen LogP contribution in [0.5, 0.6) is 0 Å². The summed E-state index contributed by atoms with van der Waals surface area (Å²) in [6, 6.07) is 4.22. The highest BCUT2D eigenvalue weighted by Crippen LogP contribution is 2.40. The van der Waals surface area contributed by atoms with Gasteiger partial charge in [-0.15, -0.1) is 0 Å². The smallest absolute Gasteiger partial charge is 0.0841 e. The topological polar surface area (TPSA) is 30.0 Å². The molecule has 112 valence electrons. The molecule has 4 nitrogen and oxygen atoms in total. The van der Waals surface area contributed by atoms with E-state index in [1.165, 1.54) is 36.3 Å². The fourth-order valence-corrected chi connectivity index (χ4v) is 2.88. The van der Waals surface area contributed by atoms with E-state index < -0.39 is 0 Å². The quantitative estimate of drug-likeness (QED) is 0.914.